The van der Waals surface area contributed by atoms with E-state index in [4.69, 9.17) is 28.6 Å². The number of carbonyl (C=O) groups is 1. The highest BCUT2D eigenvalue weighted by atomic mass is 35.5. The van der Waals surface area contributed by atoms with Gasteiger partial charge in [0, 0.05) is 34.7 Å². The number of carbonyl (C=O) groups excluding carboxylic acids is 1. The molecular formula is C20H19ClN4O2S. The van der Waals surface area contributed by atoms with Crippen molar-refractivity contribution >= 4 is 40.6 Å². The maximum Gasteiger partial charge on any atom is 0.337 e. The first-order valence-corrected chi connectivity index (χ1v) is 9.30. The monoisotopic (exact) mass is 414 g/mol. The van der Waals surface area contributed by atoms with E-state index in [2.05, 4.69) is 11.4 Å². The molecule has 1 atom stereocenters. The number of thiocarbonyl (C=S) groups is 1. The Morgan fingerprint density at radius 3 is 2.50 bits per heavy atom. The molecular weight excluding hydrogens is 396 g/mol. The van der Waals surface area contributed by atoms with Gasteiger partial charge in [-0.05, 0) is 56.4 Å². The molecule has 144 valence electrons. The van der Waals surface area contributed by atoms with Gasteiger partial charge in [0.05, 0.1) is 18.7 Å². The lowest BCUT2D eigenvalue weighted by molar-refractivity contribution is -0.136. The predicted molar refractivity (Wildman–Crippen MR) is 112 cm³/mol. The van der Waals surface area contributed by atoms with Gasteiger partial charge in [0.25, 0.3) is 0 Å². The summed E-state index contributed by atoms with van der Waals surface area (Å²) in [6.07, 6.45) is 0. The zero-order chi connectivity index (χ0) is 20.6. The van der Waals surface area contributed by atoms with Crippen LogP contribution in [-0.2, 0) is 16.6 Å². The van der Waals surface area contributed by atoms with Crippen LogP contribution < -0.4 is 10.2 Å². The quantitative estimate of drug-likeness (QED) is 0.609. The summed E-state index contributed by atoms with van der Waals surface area (Å²) in [5.74, 6) is -0.460. The Hall–Kier alpha value is -2.82. The van der Waals surface area contributed by atoms with E-state index in [1.165, 1.54) is 7.11 Å². The van der Waals surface area contributed by atoms with Crippen molar-refractivity contribution in [1.82, 2.24) is 9.88 Å². The van der Waals surface area contributed by atoms with E-state index in [1.807, 2.05) is 33.0 Å². The molecule has 0 fully saturated rings. The zero-order valence-corrected chi connectivity index (χ0v) is 17.5. The number of halogens is 1. The fourth-order valence-corrected chi connectivity index (χ4v) is 3.86. The van der Waals surface area contributed by atoms with Gasteiger partial charge in [0.15, 0.2) is 5.11 Å². The number of nitriles is 1. The lowest BCUT2D eigenvalue weighted by Crippen LogP contribution is -2.48. The highest BCUT2D eigenvalue weighted by molar-refractivity contribution is 7.80. The third-order valence-corrected chi connectivity index (χ3v) is 5.53. The van der Waals surface area contributed by atoms with Crippen molar-refractivity contribution in [2.24, 2.45) is 7.05 Å². The predicted octanol–water partition coefficient (Wildman–Crippen LogP) is 3.74. The molecule has 28 heavy (non-hydrogen) atoms. The van der Waals surface area contributed by atoms with Crippen molar-refractivity contribution in [2.75, 3.05) is 12.0 Å². The minimum atomic E-state index is -0.517. The summed E-state index contributed by atoms with van der Waals surface area (Å²) in [6.45, 7) is 3.72. The number of nitrogens with zero attached hydrogens (tertiary/aromatic N) is 3. The number of rotatable bonds is 3. The molecule has 1 aromatic carbocycles. The van der Waals surface area contributed by atoms with Crippen LogP contribution in [0.15, 0.2) is 41.6 Å². The van der Waals surface area contributed by atoms with E-state index in [-0.39, 0.29) is 0 Å². The summed E-state index contributed by atoms with van der Waals surface area (Å²) in [5.41, 5.74) is 4.04. The van der Waals surface area contributed by atoms with Gasteiger partial charge in [-0.1, -0.05) is 11.6 Å². The molecule has 8 heteroatoms. The number of aromatic nitrogens is 1. The zero-order valence-electron chi connectivity index (χ0n) is 15.9. The van der Waals surface area contributed by atoms with Gasteiger partial charge in [-0.3, -0.25) is 4.90 Å². The van der Waals surface area contributed by atoms with Crippen LogP contribution in [0, 0.1) is 18.3 Å². The summed E-state index contributed by atoms with van der Waals surface area (Å²) in [7, 11) is 3.16. The van der Waals surface area contributed by atoms with E-state index >= 15 is 0 Å². The number of ether oxygens (including phenoxy) is 1. The smallest absolute Gasteiger partial charge is 0.337 e. The Morgan fingerprint density at radius 1 is 1.32 bits per heavy atom. The van der Waals surface area contributed by atoms with Crippen molar-refractivity contribution in [3.8, 4) is 6.07 Å². The Bertz CT molecular complexity index is 1030. The fourth-order valence-electron chi connectivity index (χ4n) is 3.37. The van der Waals surface area contributed by atoms with Crippen LogP contribution >= 0.6 is 23.8 Å². The maximum absolute atomic E-state index is 12.7. The highest BCUT2D eigenvalue weighted by Gasteiger charge is 2.36. The summed E-state index contributed by atoms with van der Waals surface area (Å²) in [5, 5.41) is 13.6. The Balaban J connectivity index is 2.18. The number of hydrogen-bond acceptors (Lipinski definition) is 4. The number of anilines is 1. The van der Waals surface area contributed by atoms with Crippen LogP contribution in [0.1, 0.15) is 29.9 Å². The Labute approximate surface area is 174 Å². The molecule has 0 bridgehead atoms. The third-order valence-electron chi connectivity index (χ3n) is 4.97. The molecule has 1 aliphatic rings. The average Bonchev–Trinajstić information content (AvgIpc) is 2.96. The van der Waals surface area contributed by atoms with Gasteiger partial charge in [-0.2, -0.15) is 5.26 Å². The van der Waals surface area contributed by atoms with Crippen LogP contribution in [0.5, 0.6) is 0 Å². The van der Waals surface area contributed by atoms with Crippen molar-refractivity contribution in [2.45, 2.75) is 19.9 Å². The van der Waals surface area contributed by atoms with Crippen LogP contribution in [0.25, 0.3) is 0 Å². The number of benzene rings is 1. The maximum atomic E-state index is 12.7. The molecule has 3 rings (SSSR count). The van der Waals surface area contributed by atoms with Crippen LogP contribution in [0.2, 0.25) is 5.02 Å². The van der Waals surface area contributed by atoms with Gasteiger partial charge < -0.3 is 14.6 Å². The summed E-state index contributed by atoms with van der Waals surface area (Å²) >= 11 is 11.6. The molecule has 1 N–H and O–H groups in total. The normalized spacial score (nSPS) is 16.6. The van der Waals surface area contributed by atoms with Crippen molar-refractivity contribution < 1.29 is 9.53 Å². The van der Waals surface area contributed by atoms with Crippen LogP contribution in [-0.4, -0.2) is 22.8 Å². The SMILES string of the molecule is COC(=O)C1=C(C)N(c2ccc(Cl)cc2)C(=S)N[C@H]1c1cc(C#N)n(C)c1C. The molecule has 6 nitrogen and oxygen atoms in total. The first-order valence-electron chi connectivity index (χ1n) is 8.51. The van der Waals surface area contributed by atoms with Gasteiger partial charge in [0.1, 0.15) is 11.8 Å². The van der Waals surface area contributed by atoms with E-state index in [1.54, 1.807) is 27.7 Å². The molecule has 0 radical (unpaired) electrons. The number of allylic oxidation sites excluding steroid dienone is 1. The highest BCUT2D eigenvalue weighted by Crippen LogP contribution is 2.36. The second-order valence-electron chi connectivity index (χ2n) is 6.43. The molecule has 2 aromatic rings. The molecule has 0 spiro atoms. The number of esters is 1. The lowest BCUT2D eigenvalue weighted by atomic mass is 9.94. The Kier molecular flexibility index (Phi) is 5.45. The van der Waals surface area contributed by atoms with Gasteiger partial charge in [0.2, 0.25) is 0 Å². The topological polar surface area (TPSA) is 70.3 Å². The molecule has 1 aliphatic heterocycles. The largest absolute Gasteiger partial charge is 0.466 e. The minimum absolute atomic E-state index is 0.434. The van der Waals surface area contributed by atoms with E-state index in [9.17, 15) is 10.1 Å². The number of nitrogens with one attached hydrogen (secondary N) is 1. The minimum Gasteiger partial charge on any atom is -0.466 e. The summed E-state index contributed by atoms with van der Waals surface area (Å²) in [4.78, 5) is 14.5. The van der Waals surface area contributed by atoms with Crippen LogP contribution in [0.3, 0.4) is 0 Å². The average molecular weight is 415 g/mol. The number of methoxy groups -OCH3 is 1. The first kappa shape index (κ1) is 19.9. The molecule has 0 saturated heterocycles. The van der Waals surface area contributed by atoms with Gasteiger partial charge >= 0.3 is 5.97 Å². The molecule has 0 saturated carbocycles. The summed E-state index contributed by atoms with van der Waals surface area (Å²) in [6, 6.07) is 10.6. The molecule has 0 unspecified atom stereocenters. The molecule has 0 amide bonds. The van der Waals surface area contributed by atoms with Gasteiger partial charge in [-0.15, -0.1) is 0 Å². The standard InChI is InChI=1S/C20H19ClN4O2S/c1-11-16(9-15(10-22)24(11)3)18-17(19(26)27-4)12(2)25(20(28)23-18)14-7-5-13(21)6-8-14/h5-9,18H,1-4H3,(H,23,28)/t18-/m0/s1. The van der Waals surface area contributed by atoms with Crippen molar-refractivity contribution in [1.29, 1.82) is 5.26 Å². The lowest BCUT2D eigenvalue weighted by Gasteiger charge is -2.37. The Morgan fingerprint density at radius 2 is 1.96 bits per heavy atom. The summed E-state index contributed by atoms with van der Waals surface area (Å²) < 4.78 is 6.84. The number of hydrogen-bond donors (Lipinski definition) is 1. The van der Waals surface area contributed by atoms with Crippen molar-refractivity contribution in [3.05, 3.63) is 63.6 Å². The second kappa shape index (κ2) is 7.66. The molecule has 0 aliphatic carbocycles. The van der Waals surface area contributed by atoms with E-state index in [0.29, 0.717) is 27.1 Å². The van der Waals surface area contributed by atoms with Crippen molar-refractivity contribution in [3.63, 3.8) is 0 Å². The van der Waals surface area contributed by atoms with Crippen LogP contribution in [0.4, 0.5) is 5.69 Å². The second-order valence-corrected chi connectivity index (χ2v) is 7.25. The molecule has 1 aromatic heterocycles. The van der Waals surface area contributed by atoms with Gasteiger partial charge in [-0.25, -0.2) is 4.79 Å². The third kappa shape index (κ3) is 3.26. The van der Waals surface area contributed by atoms with E-state index in [0.717, 1.165) is 16.9 Å². The fraction of sp³-hybridized carbons (Fsp3) is 0.250. The molecule has 2 heterocycles. The van der Waals surface area contributed by atoms with E-state index < -0.39 is 12.0 Å². The first-order chi connectivity index (χ1) is 13.3.